The van der Waals surface area contributed by atoms with Crippen LogP contribution in [0.15, 0.2) is 36.4 Å². The predicted molar refractivity (Wildman–Crippen MR) is 128 cm³/mol. The Morgan fingerprint density at radius 1 is 1.20 bits per heavy atom. The number of aromatic nitrogens is 2. The lowest BCUT2D eigenvalue weighted by Crippen LogP contribution is -2.38. The number of fused-ring (bicyclic) bond motifs is 1. The molecule has 35 heavy (non-hydrogen) atoms. The van der Waals surface area contributed by atoms with Crippen LogP contribution >= 0.6 is 11.6 Å². The van der Waals surface area contributed by atoms with Gasteiger partial charge in [0.2, 0.25) is 5.91 Å². The van der Waals surface area contributed by atoms with Gasteiger partial charge in [-0.05, 0) is 31.5 Å². The van der Waals surface area contributed by atoms with Crippen LogP contribution in [-0.4, -0.2) is 57.0 Å². The maximum atomic E-state index is 14.8. The van der Waals surface area contributed by atoms with Gasteiger partial charge in [-0.3, -0.25) is 19.1 Å². The summed E-state index contributed by atoms with van der Waals surface area (Å²) in [4.78, 5) is 36.4. The molecule has 1 atom stereocenters. The summed E-state index contributed by atoms with van der Waals surface area (Å²) in [6.45, 7) is 1.07. The Bertz CT molecular complexity index is 1250. The number of para-hydroxylation sites is 1. The first-order chi connectivity index (χ1) is 16.7. The van der Waals surface area contributed by atoms with E-state index in [1.807, 2.05) is 6.92 Å². The highest BCUT2D eigenvalue weighted by Gasteiger charge is 2.21. The second-order valence-electron chi connectivity index (χ2n) is 7.83. The number of anilines is 1. The minimum atomic E-state index is -1.12. The summed E-state index contributed by atoms with van der Waals surface area (Å²) in [7, 11) is 0. The van der Waals surface area contributed by atoms with Crippen molar-refractivity contribution in [3.63, 3.8) is 0 Å². The van der Waals surface area contributed by atoms with E-state index in [1.165, 1.54) is 16.8 Å². The second-order valence-corrected chi connectivity index (χ2v) is 8.24. The Labute approximate surface area is 205 Å². The Hall–Kier alpha value is -3.54. The molecular weight excluding hydrogens is 481 g/mol. The van der Waals surface area contributed by atoms with Gasteiger partial charge in [-0.15, -0.1) is 0 Å². The molecule has 3 rings (SSSR count). The largest absolute Gasteiger partial charge is 0.480 e. The summed E-state index contributed by atoms with van der Waals surface area (Å²) in [5.74, 6) is -3.01. The predicted octanol–water partition coefficient (Wildman–Crippen LogP) is 2.14. The number of carbonyl (C=O) groups excluding carboxylic acids is 2. The van der Waals surface area contributed by atoms with E-state index in [9.17, 15) is 18.8 Å². The van der Waals surface area contributed by atoms with Gasteiger partial charge in [-0.2, -0.15) is 5.10 Å². The number of nitrogens with one attached hydrogen (secondary N) is 3. The monoisotopic (exact) mass is 505 g/mol. The first-order valence-corrected chi connectivity index (χ1v) is 11.2. The van der Waals surface area contributed by atoms with E-state index in [4.69, 9.17) is 21.8 Å². The highest BCUT2D eigenvalue weighted by molar-refractivity contribution is 6.31. The number of carboxylic acids is 1. The van der Waals surface area contributed by atoms with Crippen molar-refractivity contribution in [2.24, 2.45) is 0 Å². The molecule has 2 amide bonds. The maximum Gasteiger partial charge on any atom is 0.325 e. The quantitative estimate of drug-likeness (QED) is 0.268. The van der Waals surface area contributed by atoms with Crippen molar-refractivity contribution in [3.8, 4) is 0 Å². The molecule has 3 aromatic rings. The molecule has 2 aromatic carbocycles. The van der Waals surface area contributed by atoms with Crippen LogP contribution in [0.25, 0.3) is 10.9 Å². The lowest BCUT2D eigenvalue weighted by atomic mass is 10.1. The molecule has 0 aliphatic heterocycles. The fraction of sp³-hybridized carbons (Fsp3) is 0.304. The average molecular weight is 506 g/mol. The van der Waals surface area contributed by atoms with E-state index in [0.717, 1.165) is 0 Å². The summed E-state index contributed by atoms with van der Waals surface area (Å²) >= 11 is 5.91. The van der Waals surface area contributed by atoms with Crippen LogP contribution in [0, 0.1) is 5.82 Å². The number of carboxylic acid groups (broad SMARTS) is 1. The number of amides is 2. The van der Waals surface area contributed by atoms with Crippen molar-refractivity contribution in [1.82, 2.24) is 20.4 Å². The zero-order valence-electron chi connectivity index (χ0n) is 18.8. The summed E-state index contributed by atoms with van der Waals surface area (Å²) in [6.07, 6.45) is 0.475. The number of rotatable bonds is 11. The van der Waals surface area contributed by atoms with Crippen molar-refractivity contribution < 1.29 is 29.0 Å². The maximum absolute atomic E-state index is 14.8. The number of carbonyl (C=O) groups is 3. The number of halogens is 2. The minimum absolute atomic E-state index is 0.0175. The van der Waals surface area contributed by atoms with Crippen LogP contribution in [0.4, 0.5) is 10.1 Å². The van der Waals surface area contributed by atoms with Crippen LogP contribution in [0.5, 0.6) is 0 Å². The van der Waals surface area contributed by atoms with Crippen LogP contribution < -0.4 is 16.0 Å². The number of aliphatic carboxylic acids is 1. The van der Waals surface area contributed by atoms with E-state index in [1.54, 1.807) is 24.3 Å². The number of aliphatic hydroxyl groups excluding tert-OH is 1. The van der Waals surface area contributed by atoms with Gasteiger partial charge in [0.15, 0.2) is 5.69 Å². The van der Waals surface area contributed by atoms with E-state index in [2.05, 4.69) is 21.0 Å². The number of aliphatic hydroxyl groups is 1. The van der Waals surface area contributed by atoms with E-state index >= 15 is 0 Å². The second kappa shape index (κ2) is 11.7. The molecule has 0 spiro atoms. The fourth-order valence-electron chi connectivity index (χ4n) is 3.42. The van der Waals surface area contributed by atoms with E-state index < -0.39 is 30.1 Å². The number of benzene rings is 2. The van der Waals surface area contributed by atoms with Crippen molar-refractivity contribution in [2.75, 3.05) is 18.5 Å². The number of nitrogens with zero attached hydrogens (tertiary/aromatic N) is 2. The molecule has 0 saturated heterocycles. The molecule has 0 aliphatic carbocycles. The molecule has 10 nitrogen and oxygen atoms in total. The van der Waals surface area contributed by atoms with Gasteiger partial charge in [0, 0.05) is 35.8 Å². The molecule has 1 heterocycles. The molecule has 0 aliphatic rings. The molecule has 0 saturated carbocycles. The Morgan fingerprint density at radius 2 is 1.94 bits per heavy atom. The normalized spacial score (nSPS) is 11.9. The summed E-state index contributed by atoms with van der Waals surface area (Å²) < 4.78 is 16.0. The molecule has 12 heteroatoms. The van der Waals surface area contributed by atoms with Crippen LogP contribution in [0.2, 0.25) is 5.02 Å². The molecular formula is C23H25ClFN5O5. The zero-order chi connectivity index (χ0) is 25.5. The fourth-order valence-corrected chi connectivity index (χ4v) is 3.60. The average Bonchev–Trinajstić information content (AvgIpc) is 3.18. The smallest absolute Gasteiger partial charge is 0.325 e. The molecule has 5 N–H and O–H groups in total. The third kappa shape index (κ3) is 6.53. The van der Waals surface area contributed by atoms with E-state index in [-0.39, 0.29) is 47.7 Å². The van der Waals surface area contributed by atoms with Gasteiger partial charge in [-0.25, -0.2) is 4.39 Å². The number of hydrogen-bond donors (Lipinski definition) is 5. The lowest BCUT2D eigenvalue weighted by Gasteiger charge is -2.15. The van der Waals surface area contributed by atoms with Gasteiger partial charge >= 0.3 is 5.97 Å². The van der Waals surface area contributed by atoms with Crippen molar-refractivity contribution >= 4 is 46.0 Å². The topological polar surface area (TPSA) is 146 Å². The zero-order valence-corrected chi connectivity index (χ0v) is 19.6. The Kier molecular flexibility index (Phi) is 8.74. The standard InChI is InChI=1S/C23H25ClFN5O5/c1-13(8-9-31)26-11-19(32)27-10-15-17(7-6-16(24)21(15)25)28-23(35)22-14-4-2-3-5-18(14)30(29-22)12-20(33)34/h2-7,13,26,31H,8-12H2,1H3,(H,27,32)(H,28,35)(H,33,34)/t13-/m0/s1. The highest BCUT2D eigenvalue weighted by atomic mass is 35.5. The molecule has 0 radical (unpaired) electrons. The first-order valence-electron chi connectivity index (χ1n) is 10.8. The minimum Gasteiger partial charge on any atom is -0.480 e. The van der Waals surface area contributed by atoms with Gasteiger partial charge in [-0.1, -0.05) is 29.8 Å². The Morgan fingerprint density at radius 3 is 2.66 bits per heavy atom. The van der Waals surface area contributed by atoms with Crippen molar-refractivity contribution in [2.45, 2.75) is 32.5 Å². The molecule has 0 unspecified atom stereocenters. The third-order valence-corrected chi connectivity index (χ3v) is 5.53. The van der Waals surface area contributed by atoms with Crippen LogP contribution in [-0.2, 0) is 22.7 Å². The van der Waals surface area contributed by atoms with Crippen molar-refractivity contribution in [1.29, 1.82) is 0 Å². The summed E-state index contributed by atoms with van der Waals surface area (Å²) in [5, 5.41) is 30.5. The number of hydrogen-bond acceptors (Lipinski definition) is 6. The molecule has 0 fully saturated rings. The van der Waals surface area contributed by atoms with Crippen molar-refractivity contribution in [3.05, 3.63) is 58.5 Å². The van der Waals surface area contributed by atoms with Gasteiger partial charge in [0.25, 0.3) is 5.91 Å². The lowest BCUT2D eigenvalue weighted by molar-refractivity contribution is -0.137. The first kappa shape index (κ1) is 26.1. The highest BCUT2D eigenvalue weighted by Crippen LogP contribution is 2.27. The summed E-state index contributed by atoms with van der Waals surface area (Å²) in [6, 6.07) is 9.24. The molecule has 0 bridgehead atoms. The van der Waals surface area contributed by atoms with Gasteiger partial charge in [0.1, 0.15) is 12.4 Å². The third-order valence-electron chi connectivity index (χ3n) is 5.24. The van der Waals surface area contributed by atoms with Gasteiger partial charge < -0.3 is 26.2 Å². The van der Waals surface area contributed by atoms with E-state index in [0.29, 0.717) is 17.3 Å². The SMILES string of the molecule is C[C@@H](CCO)NCC(=O)NCc1c(NC(=O)c2nn(CC(=O)O)c3ccccc23)ccc(Cl)c1F. The Balaban J connectivity index is 1.80. The summed E-state index contributed by atoms with van der Waals surface area (Å²) in [5.41, 5.74) is 0.472. The van der Waals surface area contributed by atoms with Crippen LogP contribution in [0.3, 0.4) is 0 Å². The molecule has 1 aromatic heterocycles. The van der Waals surface area contributed by atoms with Gasteiger partial charge in [0.05, 0.1) is 17.1 Å². The molecule has 186 valence electrons. The van der Waals surface area contributed by atoms with Crippen LogP contribution in [0.1, 0.15) is 29.4 Å².